The molecule has 0 heterocycles. The van der Waals surface area contributed by atoms with Gasteiger partial charge in [-0.1, -0.05) is 48.5 Å². The standard InChI is InChI=1S/C20H18N2O2/c1-22(16-10-4-2-5-11-16)20(23)21-18-14-8-9-15-19(18)24-17-12-6-3-7-13-17/h2-15H,1H3,(H,21,23). The SMILES string of the molecule is CN(C(=O)Nc1ccccc1Oc1ccccc1)c1ccccc1. The Balaban J connectivity index is 1.77. The predicted octanol–water partition coefficient (Wildman–Crippen LogP) is 5.15. The number of anilines is 2. The topological polar surface area (TPSA) is 41.6 Å². The first-order valence-corrected chi connectivity index (χ1v) is 7.66. The molecular formula is C20H18N2O2. The molecular weight excluding hydrogens is 300 g/mol. The summed E-state index contributed by atoms with van der Waals surface area (Å²) in [4.78, 5) is 14.0. The van der Waals surface area contributed by atoms with Gasteiger partial charge in [0.2, 0.25) is 0 Å². The summed E-state index contributed by atoms with van der Waals surface area (Å²) in [5.41, 5.74) is 1.44. The van der Waals surface area contributed by atoms with Gasteiger partial charge >= 0.3 is 6.03 Å². The Morgan fingerprint density at radius 2 is 1.42 bits per heavy atom. The van der Waals surface area contributed by atoms with E-state index in [1.54, 1.807) is 11.9 Å². The lowest BCUT2D eigenvalue weighted by atomic mass is 10.3. The van der Waals surface area contributed by atoms with Crippen molar-refractivity contribution in [2.45, 2.75) is 0 Å². The molecule has 0 spiro atoms. The van der Waals surface area contributed by atoms with Gasteiger partial charge in [0.1, 0.15) is 5.75 Å². The number of para-hydroxylation sites is 4. The highest BCUT2D eigenvalue weighted by molar-refractivity contribution is 6.02. The minimum atomic E-state index is -0.231. The van der Waals surface area contributed by atoms with Gasteiger partial charge in [-0.25, -0.2) is 4.79 Å². The third kappa shape index (κ3) is 3.73. The van der Waals surface area contributed by atoms with E-state index in [0.717, 1.165) is 11.4 Å². The van der Waals surface area contributed by atoms with Gasteiger partial charge in [-0.3, -0.25) is 4.90 Å². The Bertz CT molecular complexity index is 804. The lowest BCUT2D eigenvalue weighted by Crippen LogP contribution is -2.31. The molecule has 0 aliphatic carbocycles. The first-order valence-electron chi connectivity index (χ1n) is 7.66. The third-order valence-electron chi connectivity index (χ3n) is 3.55. The number of nitrogens with zero attached hydrogens (tertiary/aromatic N) is 1. The van der Waals surface area contributed by atoms with Crippen LogP contribution >= 0.6 is 0 Å². The van der Waals surface area contributed by atoms with Crippen molar-refractivity contribution in [3.05, 3.63) is 84.9 Å². The number of nitrogens with one attached hydrogen (secondary N) is 1. The number of ether oxygens (including phenoxy) is 1. The molecule has 0 fully saturated rings. The van der Waals surface area contributed by atoms with Gasteiger partial charge in [0.05, 0.1) is 5.69 Å². The van der Waals surface area contributed by atoms with E-state index in [1.807, 2.05) is 84.9 Å². The van der Waals surface area contributed by atoms with Crippen molar-refractivity contribution in [3.8, 4) is 11.5 Å². The molecule has 0 aliphatic heterocycles. The van der Waals surface area contributed by atoms with Crippen LogP contribution in [0.5, 0.6) is 11.5 Å². The maximum absolute atomic E-state index is 12.5. The van der Waals surface area contributed by atoms with Gasteiger partial charge < -0.3 is 10.1 Å². The van der Waals surface area contributed by atoms with Crippen LogP contribution in [-0.4, -0.2) is 13.1 Å². The van der Waals surface area contributed by atoms with Gasteiger partial charge in [-0.05, 0) is 36.4 Å². The highest BCUT2D eigenvalue weighted by Gasteiger charge is 2.13. The van der Waals surface area contributed by atoms with Crippen molar-refractivity contribution in [2.24, 2.45) is 0 Å². The number of carbonyl (C=O) groups is 1. The summed E-state index contributed by atoms with van der Waals surface area (Å²) in [6.45, 7) is 0. The Hall–Kier alpha value is -3.27. The van der Waals surface area contributed by atoms with Crippen LogP contribution in [0.1, 0.15) is 0 Å². The summed E-state index contributed by atoms with van der Waals surface area (Å²) in [5.74, 6) is 1.31. The molecule has 4 heteroatoms. The summed E-state index contributed by atoms with van der Waals surface area (Å²) in [6.07, 6.45) is 0. The second-order valence-electron chi connectivity index (χ2n) is 5.24. The van der Waals surface area contributed by atoms with Gasteiger partial charge in [0.25, 0.3) is 0 Å². The molecule has 0 saturated heterocycles. The summed E-state index contributed by atoms with van der Waals surface area (Å²) < 4.78 is 5.86. The molecule has 1 N–H and O–H groups in total. The molecule has 24 heavy (non-hydrogen) atoms. The van der Waals surface area contributed by atoms with Crippen LogP contribution in [0, 0.1) is 0 Å². The molecule has 120 valence electrons. The highest BCUT2D eigenvalue weighted by atomic mass is 16.5. The maximum atomic E-state index is 12.5. The van der Waals surface area contributed by atoms with Gasteiger partial charge in [0, 0.05) is 12.7 Å². The van der Waals surface area contributed by atoms with Crippen molar-refractivity contribution >= 4 is 17.4 Å². The van der Waals surface area contributed by atoms with E-state index in [4.69, 9.17) is 4.74 Å². The summed E-state index contributed by atoms with van der Waals surface area (Å²) in [7, 11) is 1.73. The zero-order chi connectivity index (χ0) is 16.8. The predicted molar refractivity (Wildman–Crippen MR) is 96.8 cm³/mol. The molecule has 0 aliphatic rings. The van der Waals surface area contributed by atoms with Crippen LogP contribution in [0.15, 0.2) is 84.9 Å². The van der Waals surface area contributed by atoms with Gasteiger partial charge in [-0.15, -0.1) is 0 Å². The van der Waals surface area contributed by atoms with Crippen LogP contribution in [0.25, 0.3) is 0 Å². The number of carbonyl (C=O) groups excluding carboxylic acids is 1. The smallest absolute Gasteiger partial charge is 0.326 e. The Morgan fingerprint density at radius 3 is 2.12 bits per heavy atom. The number of hydrogen-bond donors (Lipinski definition) is 1. The van der Waals surface area contributed by atoms with E-state index in [9.17, 15) is 4.79 Å². The van der Waals surface area contributed by atoms with Gasteiger partial charge in [-0.2, -0.15) is 0 Å². The molecule has 3 aromatic rings. The zero-order valence-corrected chi connectivity index (χ0v) is 13.3. The summed E-state index contributed by atoms with van der Waals surface area (Å²) >= 11 is 0. The second kappa shape index (κ2) is 7.33. The molecule has 0 atom stereocenters. The number of hydrogen-bond acceptors (Lipinski definition) is 2. The number of rotatable bonds is 4. The maximum Gasteiger partial charge on any atom is 0.326 e. The van der Waals surface area contributed by atoms with Crippen molar-refractivity contribution in [1.82, 2.24) is 0 Å². The van der Waals surface area contributed by atoms with E-state index in [2.05, 4.69) is 5.32 Å². The molecule has 3 aromatic carbocycles. The fourth-order valence-corrected chi connectivity index (χ4v) is 2.24. The Labute approximate surface area is 141 Å². The minimum Gasteiger partial charge on any atom is -0.455 e. The molecule has 3 rings (SSSR count). The van der Waals surface area contributed by atoms with Crippen LogP contribution < -0.4 is 15.0 Å². The van der Waals surface area contributed by atoms with Crippen LogP contribution in [0.4, 0.5) is 16.2 Å². The van der Waals surface area contributed by atoms with E-state index in [-0.39, 0.29) is 6.03 Å². The molecule has 0 radical (unpaired) electrons. The number of benzene rings is 3. The van der Waals surface area contributed by atoms with E-state index in [0.29, 0.717) is 11.4 Å². The highest BCUT2D eigenvalue weighted by Crippen LogP contribution is 2.29. The lowest BCUT2D eigenvalue weighted by molar-refractivity contribution is 0.258. The van der Waals surface area contributed by atoms with E-state index >= 15 is 0 Å². The fourth-order valence-electron chi connectivity index (χ4n) is 2.24. The molecule has 2 amide bonds. The van der Waals surface area contributed by atoms with Gasteiger partial charge in [0.15, 0.2) is 5.75 Å². The van der Waals surface area contributed by atoms with Crippen LogP contribution in [0.3, 0.4) is 0 Å². The molecule has 4 nitrogen and oxygen atoms in total. The Morgan fingerprint density at radius 1 is 0.833 bits per heavy atom. The monoisotopic (exact) mass is 318 g/mol. The first kappa shape index (κ1) is 15.6. The average Bonchev–Trinajstić information content (AvgIpc) is 2.64. The quantitative estimate of drug-likeness (QED) is 0.723. The van der Waals surface area contributed by atoms with E-state index < -0.39 is 0 Å². The lowest BCUT2D eigenvalue weighted by Gasteiger charge is -2.19. The minimum absolute atomic E-state index is 0.231. The zero-order valence-electron chi connectivity index (χ0n) is 13.3. The molecule has 0 aromatic heterocycles. The average molecular weight is 318 g/mol. The second-order valence-corrected chi connectivity index (χ2v) is 5.24. The van der Waals surface area contributed by atoms with Crippen molar-refractivity contribution in [3.63, 3.8) is 0 Å². The summed E-state index contributed by atoms with van der Waals surface area (Å²) in [5, 5.41) is 2.89. The normalized spacial score (nSPS) is 10.0. The van der Waals surface area contributed by atoms with Crippen LogP contribution in [0.2, 0.25) is 0 Å². The van der Waals surface area contributed by atoms with Crippen molar-refractivity contribution in [2.75, 3.05) is 17.3 Å². The molecule has 0 bridgehead atoms. The van der Waals surface area contributed by atoms with Crippen LogP contribution in [-0.2, 0) is 0 Å². The van der Waals surface area contributed by atoms with Crippen molar-refractivity contribution < 1.29 is 9.53 Å². The molecule has 0 unspecified atom stereocenters. The van der Waals surface area contributed by atoms with Crippen molar-refractivity contribution in [1.29, 1.82) is 0 Å². The number of amides is 2. The third-order valence-corrected chi connectivity index (χ3v) is 3.55. The largest absolute Gasteiger partial charge is 0.455 e. The number of urea groups is 1. The van der Waals surface area contributed by atoms with E-state index in [1.165, 1.54) is 0 Å². The summed E-state index contributed by atoms with van der Waals surface area (Å²) in [6, 6.07) is 26.1. The fraction of sp³-hybridized carbons (Fsp3) is 0.0500. The molecule has 0 saturated carbocycles. The Kier molecular flexibility index (Phi) is 4.77. The first-order chi connectivity index (χ1) is 11.7.